The number of benzene rings is 1. The molecule has 5 heteroatoms. The van der Waals surface area contributed by atoms with Crippen LogP contribution in [0.3, 0.4) is 0 Å². The molecular formula is C16H21FN2O2. The number of nitrogens with zero attached hydrogens (tertiary/aromatic N) is 1. The molecule has 3 atom stereocenters. The first-order chi connectivity index (χ1) is 10.2. The molecule has 1 amide bonds. The molecule has 0 saturated carbocycles. The topological polar surface area (TPSA) is 41.6 Å². The highest BCUT2D eigenvalue weighted by atomic mass is 19.1. The third-order valence-corrected chi connectivity index (χ3v) is 4.34. The smallest absolute Gasteiger partial charge is 0.241 e. The lowest BCUT2D eigenvalue weighted by Crippen LogP contribution is -2.35. The second-order valence-electron chi connectivity index (χ2n) is 5.77. The van der Waals surface area contributed by atoms with Gasteiger partial charge < -0.3 is 9.64 Å². The zero-order valence-corrected chi connectivity index (χ0v) is 12.2. The quantitative estimate of drug-likeness (QED) is 0.923. The molecular weight excluding hydrogens is 271 g/mol. The Morgan fingerprint density at radius 3 is 2.90 bits per heavy atom. The van der Waals surface area contributed by atoms with Crippen LogP contribution in [0.4, 0.5) is 4.39 Å². The van der Waals surface area contributed by atoms with Crippen LogP contribution in [0.25, 0.3) is 0 Å². The zero-order valence-electron chi connectivity index (χ0n) is 12.2. The molecule has 3 rings (SSSR count). The molecule has 2 fully saturated rings. The lowest BCUT2D eigenvalue weighted by molar-refractivity contribution is -0.130. The van der Waals surface area contributed by atoms with Crippen molar-refractivity contribution >= 4 is 5.91 Å². The van der Waals surface area contributed by atoms with Crippen LogP contribution in [0, 0.1) is 11.7 Å². The van der Waals surface area contributed by atoms with Gasteiger partial charge in [0.1, 0.15) is 12.0 Å². The van der Waals surface area contributed by atoms with Crippen LogP contribution in [0.1, 0.15) is 31.5 Å². The summed E-state index contributed by atoms with van der Waals surface area (Å²) in [6, 6.07) is 6.44. The maximum absolute atomic E-state index is 14.1. The highest BCUT2D eigenvalue weighted by molar-refractivity contribution is 5.84. The van der Waals surface area contributed by atoms with Crippen molar-refractivity contribution in [2.45, 2.75) is 32.0 Å². The van der Waals surface area contributed by atoms with E-state index in [2.05, 4.69) is 5.32 Å². The van der Waals surface area contributed by atoms with Gasteiger partial charge in [-0.2, -0.15) is 0 Å². The number of carbonyl (C=O) groups is 1. The van der Waals surface area contributed by atoms with E-state index in [0.29, 0.717) is 31.1 Å². The van der Waals surface area contributed by atoms with E-state index >= 15 is 0 Å². The van der Waals surface area contributed by atoms with Crippen molar-refractivity contribution in [3.63, 3.8) is 0 Å². The predicted molar refractivity (Wildman–Crippen MR) is 77.0 cm³/mol. The highest BCUT2D eigenvalue weighted by Crippen LogP contribution is 2.30. The predicted octanol–water partition coefficient (Wildman–Crippen LogP) is 2.07. The van der Waals surface area contributed by atoms with Crippen molar-refractivity contribution in [1.29, 1.82) is 0 Å². The van der Waals surface area contributed by atoms with Gasteiger partial charge in [-0.15, -0.1) is 0 Å². The van der Waals surface area contributed by atoms with Gasteiger partial charge in [0.15, 0.2) is 0 Å². The van der Waals surface area contributed by atoms with Crippen LogP contribution in [-0.2, 0) is 9.53 Å². The molecule has 0 radical (unpaired) electrons. The minimum atomic E-state index is -0.371. The van der Waals surface area contributed by atoms with Crippen molar-refractivity contribution in [2.24, 2.45) is 5.92 Å². The number of carbonyl (C=O) groups excluding carboxylic acids is 1. The first kappa shape index (κ1) is 14.5. The Balaban J connectivity index is 1.85. The normalized spacial score (nSPS) is 29.3. The van der Waals surface area contributed by atoms with Crippen LogP contribution in [0.2, 0.25) is 0 Å². The van der Waals surface area contributed by atoms with E-state index in [1.165, 1.54) is 6.07 Å². The summed E-state index contributed by atoms with van der Waals surface area (Å²) in [7, 11) is 0. The van der Waals surface area contributed by atoms with Crippen molar-refractivity contribution in [2.75, 3.05) is 19.8 Å². The number of ether oxygens (including phenoxy) is 1. The molecule has 0 spiro atoms. The summed E-state index contributed by atoms with van der Waals surface area (Å²) in [6.45, 7) is 4.03. The van der Waals surface area contributed by atoms with E-state index in [0.717, 1.165) is 13.0 Å². The first-order valence-corrected chi connectivity index (χ1v) is 7.59. The SMILES string of the molecule is CCC1NC(c2ccccc2F)N(CC2CCOC2)C1=O. The number of hydrogen-bond donors (Lipinski definition) is 1. The van der Waals surface area contributed by atoms with Gasteiger partial charge in [-0.25, -0.2) is 4.39 Å². The van der Waals surface area contributed by atoms with E-state index in [1.54, 1.807) is 23.1 Å². The Labute approximate surface area is 124 Å². The van der Waals surface area contributed by atoms with E-state index < -0.39 is 0 Å². The molecule has 1 aromatic rings. The molecule has 0 bridgehead atoms. The van der Waals surface area contributed by atoms with Gasteiger partial charge in [0.05, 0.1) is 12.6 Å². The van der Waals surface area contributed by atoms with Crippen LogP contribution in [0.15, 0.2) is 24.3 Å². The van der Waals surface area contributed by atoms with Crippen LogP contribution in [-0.4, -0.2) is 36.6 Å². The third-order valence-electron chi connectivity index (χ3n) is 4.34. The maximum Gasteiger partial charge on any atom is 0.241 e. The summed E-state index contributed by atoms with van der Waals surface area (Å²) in [5, 5.41) is 3.27. The molecule has 2 aliphatic heterocycles. The Kier molecular flexibility index (Phi) is 4.22. The molecule has 3 unspecified atom stereocenters. The molecule has 4 nitrogen and oxygen atoms in total. The standard InChI is InChI=1S/C16H21FN2O2/c1-2-14-16(20)19(9-11-7-8-21-10-11)15(18-14)12-5-3-4-6-13(12)17/h3-6,11,14-15,18H,2,7-10H2,1H3. The second-order valence-corrected chi connectivity index (χ2v) is 5.77. The third kappa shape index (κ3) is 2.80. The highest BCUT2D eigenvalue weighted by Gasteiger charge is 2.40. The average molecular weight is 292 g/mol. The molecule has 114 valence electrons. The van der Waals surface area contributed by atoms with Gasteiger partial charge >= 0.3 is 0 Å². The summed E-state index contributed by atoms with van der Waals surface area (Å²) in [5.41, 5.74) is 0.542. The summed E-state index contributed by atoms with van der Waals surface area (Å²) in [6.07, 6.45) is 1.30. The maximum atomic E-state index is 14.1. The fraction of sp³-hybridized carbons (Fsp3) is 0.562. The largest absolute Gasteiger partial charge is 0.381 e. The fourth-order valence-electron chi connectivity index (χ4n) is 3.13. The minimum absolute atomic E-state index is 0.0673. The Morgan fingerprint density at radius 1 is 1.43 bits per heavy atom. The Morgan fingerprint density at radius 2 is 2.24 bits per heavy atom. The molecule has 0 aliphatic carbocycles. The zero-order chi connectivity index (χ0) is 14.8. The monoisotopic (exact) mass is 292 g/mol. The molecule has 2 aliphatic rings. The van der Waals surface area contributed by atoms with E-state index in [9.17, 15) is 9.18 Å². The molecule has 2 saturated heterocycles. The van der Waals surface area contributed by atoms with Gasteiger partial charge in [-0.3, -0.25) is 10.1 Å². The molecule has 0 aromatic heterocycles. The Hall–Kier alpha value is -1.46. The van der Waals surface area contributed by atoms with Gasteiger partial charge in [0, 0.05) is 24.6 Å². The van der Waals surface area contributed by atoms with Crippen molar-refractivity contribution < 1.29 is 13.9 Å². The van der Waals surface area contributed by atoms with E-state index in [-0.39, 0.29) is 23.9 Å². The number of halogens is 1. The van der Waals surface area contributed by atoms with Gasteiger partial charge in [0.2, 0.25) is 5.91 Å². The van der Waals surface area contributed by atoms with Crippen molar-refractivity contribution in [1.82, 2.24) is 10.2 Å². The van der Waals surface area contributed by atoms with Gasteiger partial charge in [-0.05, 0) is 18.9 Å². The molecule has 2 heterocycles. The number of nitrogens with one attached hydrogen (secondary N) is 1. The van der Waals surface area contributed by atoms with Crippen molar-refractivity contribution in [3.8, 4) is 0 Å². The minimum Gasteiger partial charge on any atom is -0.381 e. The van der Waals surface area contributed by atoms with Gasteiger partial charge in [0.25, 0.3) is 0 Å². The summed E-state index contributed by atoms with van der Waals surface area (Å²) < 4.78 is 19.5. The summed E-state index contributed by atoms with van der Waals surface area (Å²) >= 11 is 0. The number of amides is 1. The number of rotatable bonds is 4. The van der Waals surface area contributed by atoms with E-state index in [1.807, 2.05) is 6.92 Å². The van der Waals surface area contributed by atoms with E-state index in [4.69, 9.17) is 4.74 Å². The molecule has 1 N–H and O–H groups in total. The van der Waals surface area contributed by atoms with Crippen LogP contribution < -0.4 is 5.32 Å². The molecule has 1 aromatic carbocycles. The molecule has 21 heavy (non-hydrogen) atoms. The number of hydrogen-bond acceptors (Lipinski definition) is 3. The fourth-order valence-corrected chi connectivity index (χ4v) is 3.13. The van der Waals surface area contributed by atoms with Crippen molar-refractivity contribution in [3.05, 3.63) is 35.6 Å². The second kappa shape index (κ2) is 6.12. The lowest BCUT2D eigenvalue weighted by Gasteiger charge is -2.27. The van der Waals surface area contributed by atoms with Crippen LogP contribution >= 0.6 is 0 Å². The van der Waals surface area contributed by atoms with Gasteiger partial charge in [-0.1, -0.05) is 25.1 Å². The first-order valence-electron chi connectivity index (χ1n) is 7.59. The average Bonchev–Trinajstić information content (AvgIpc) is 3.10. The Bertz CT molecular complexity index is 517. The lowest BCUT2D eigenvalue weighted by atomic mass is 10.1. The summed E-state index contributed by atoms with van der Waals surface area (Å²) in [5.74, 6) is 0.144. The van der Waals surface area contributed by atoms with Crippen LogP contribution in [0.5, 0.6) is 0 Å². The summed E-state index contributed by atoms with van der Waals surface area (Å²) in [4.78, 5) is 14.3.